The number of aliphatic hydroxyl groups is 1. The van der Waals surface area contributed by atoms with Crippen molar-refractivity contribution in [2.75, 3.05) is 13.7 Å². The fourth-order valence-electron chi connectivity index (χ4n) is 1.99. The van der Waals surface area contributed by atoms with Crippen molar-refractivity contribution in [3.8, 4) is 5.75 Å². The van der Waals surface area contributed by atoms with E-state index in [4.69, 9.17) is 9.47 Å². The molecule has 0 radical (unpaired) electrons. The highest BCUT2D eigenvalue weighted by Gasteiger charge is 2.27. The highest BCUT2D eigenvalue weighted by atomic mass is 19.1. The van der Waals surface area contributed by atoms with Crippen LogP contribution in [0.4, 0.5) is 4.39 Å². The molecular weight excluding hydrogens is 211 g/mol. The van der Waals surface area contributed by atoms with Gasteiger partial charge < -0.3 is 14.6 Å². The Bertz CT molecular complexity index is 367. The van der Waals surface area contributed by atoms with Crippen LogP contribution < -0.4 is 4.74 Å². The second-order valence-electron chi connectivity index (χ2n) is 3.89. The second kappa shape index (κ2) is 4.80. The smallest absolute Gasteiger partial charge is 0.132 e. The van der Waals surface area contributed by atoms with Crippen molar-refractivity contribution >= 4 is 0 Å². The number of benzene rings is 1. The lowest BCUT2D eigenvalue weighted by Gasteiger charge is -2.28. The van der Waals surface area contributed by atoms with Crippen LogP contribution >= 0.6 is 0 Å². The first kappa shape index (κ1) is 11.4. The number of halogens is 1. The van der Waals surface area contributed by atoms with Gasteiger partial charge in [-0.3, -0.25) is 0 Å². The van der Waals surface area contributed by atoms with Crippen molar-refractivity contribution in [2.24, 2.45) is 0 Å². The minimum absolute atomic E-state index is 0.349. The summed E-state index contributed by atoms with van der Waals surface area (Å²) in [6.45, 7) is 0.448. The van der Waals surface area contributed by atoms with Crippen LogP contribution in [0.3, 0.4) is 0 Å². The SMILES string of the molecule is COc1cccc(F)c1C1CC(O)CCO1. The Morgan fingerprint density at radius 3 is 3.00 bits per heavy atom. The summed E-state index contributed by atoms with van der Waals surface area (Å²) in [6.07, 6.45) is 0.174. The lowest BCUT2D eigenvalue weighted by Crippen LogP contribution is -2.24. The van der Waals surface area contributed by atoms with E-state index < -0.39 is 12.2 Å². The van der Waals surface area contributed by atoms with Crippen LogP contribution in [0.1, 0.15) is 24.5 Å². The molecule has 0 aromatic heterocycles. The van der Waals surface area contributed by atoms with Crippen LogP contribution in [-0.4, -0.2) is 24.9 Å². The first-order chi connectivity index (χ1) is 7.72. The van der Waals surface area contributed by atoms with E-state index in [1.165, 1.54) is 13.2 Å². The minimum atomic E-state index is -0.428. The first-order valence-electron chi connectivity index (χ1n) is 5.34. The molecule has 0 saturated carbocycles. The van der Waals surface area contributed by atoms with E-state index in [1.54, 1.807) is 12.1 Å². The van der Waals surface area contributed by atoms with Gasteiger partial charge >= 0.3 is 0 Å². The topological polar surface area (TPSA) is 38.7 Å². The molecule has 16 heavy (non-hydrogen) atoms. The summed E-state index contributed by atoms with van der Waals surface area (Å²) in [7, 11) is 1.50. The third kappa shape index (κ3) is 2.18. The Kier molecular flexibility index (Phi) is 3.41. The predicted octanol–water partition coefficient (Wildman–Crippen LogP) is 2.05. The van der Waals surface area contributed by atoms with Gasteiger partial charge in [0, 0.05) is 13.0 Å². The Hall–Kier alpha value is -1.13. The Morgan fingerprint density at radius 1 is 1.50 bits per heavy atom. The summed E-state index contributed by atoms with van der Waals surface area (Å²) in [5, 5.41) is 9.55. The third-order valence-corrected chi connectivity index (χ3v) is 2.81. The van der Waals surface area contributed by atoms with E-state index in [2.05, 4.69) is 0 Å². The van der Waals surface area contributed by atoms with Crippen LogP contribution in [0.15, 0.2) is 18.2 Å². The van der Waals surface area contributed by atoms with Gasteiger partial charge in [0.2, 0.25) is 0 Å². The van der Waals surface area contributed by atoms with Gasteiger partial charge in [-0.1, -0.05) is 6.07 Å². The summed E-state index contributed by atoms with van der Waals surface area (Å²) in [6, 6.07) is 4.67. The van der Waals surface area contributed by atoms with Gasteiger partial charge in [-0.25, -0.2) is 4.39 Å². The van der Waals surface area contributed by atoms with Gasteiger partial charge in [0.15, 0.2) is 0 Å². The average Bonchev–Trinajstić information content (AvgIpc) is 2.28. The average molecular weight is 226 g/mol. The summed E-state index contributed by atoms with van der Waals surface area (Å²) in [5.74, 6) is 0.123. The molecule has 1 aliphatic rings. The molecule has 1 fully saturated rings. The van der Waals surface area contributed by atoms with Crippen LogP contribution in [0.2, 0.25) is 0 Å². The van der Waals surface area contributed by atoms with E-state index in [0.717, 1.165) is 0 Å². The first-order valence-corrected chi connectivity index (χ1v) is 5.34. The zero-order chi connectivity index (χ0) is 11.5. The molecule has 1 aromatic carbocycles. The van der Waals surface area contributed by atoms with E-state index in [9.17, 15) is 9.50 Å². The molecule has 1 aliphatic heterocycles. The zero-order valence-electron chi connectivity index (χ0n) is 9.15. The molecule has 4 heteroatoms. The molecular formula is C12H15FO3. The Labute approximate surface area is 93.8 Å². The number of hydrogen-bond donors (Lipinski definition) is 1. The lowest BCUT2D eigenvalue weighted by molar-refractivity contribution is -0.0469. The van der Waals surface area contributed by atoms with Gasteiger partial charge in [-0.2, -0.15) is 0 Å². The summed E-state index contributed by atoms with van der Waals surface area (Å²) >= 11 is 0. The molecule has 0 amide bonds. The molecule has 1 aromatic rings. The normalized spacial score (nSPS) is 25.4. The number of hydrogen-bond acceptors (Lipinski definition) is 3. The van der Waals surface area contributed by atoms with Crippen LogP contribution in [0.5, 0.6) is 5.75 Å². The highest BCUT2D eigenvalue weighted by Crippen LogP contribution is 2.35. The number of aliphatic hydroxyl groups excluding tert-OH is 1. The maximum Gasteiger partial charge on any atom is 0.132 e. The lowest BCUT2D eigenvalue weighted by atomic mass is 9.98. The van der Waals surface area contributed by atoms with Gasteiger partial charge in [0.1, 0.15) is 11.6 Å². The molecule has 0 bridgehead atoms. The summed E-state index contributed by atoms with van der Waals surface area (Å²) in [5.41, 5.74) is 0.406. The zero-order valence-corrected chi connectivity index (χ0v) is 9.15. The molecule has 0 aliphatic carbocycles. The third-order valence-electron chi connectivity index (χ3n) is 2.81. The number of methoxy groups -OCH3 is 1. The van der Waals surface area contributed by atoms with Crippen molar-refractivity contribution in [3.05, 3.63) is 29.6 Å². The quantitative estimate of drug-likeness (QED) is 0.838. The Morgan fingerprint density at radius 2 is 2.31 bits per heavy atom. The maximum absolute atomic E-state index is 13.7. The van der Waals surface area contributed by atoms with Crippen molar-refractivity contribution in [1.29, 1.82) is 0 Å². The molecule has 2 unspecified atom stereocenters. The van der Waals surface area contributed by atoms with Crippen molar-refractivity contribution in [2.45, 2.75) is 25.0 Å². The van der Waals surface area contributed by atoms with Crippen LogP contribution in [0, 0.1) is 5.82 Å². The molecule has 0 spiro atoms. The molecule has 1 saturated heterocycles. The molecule has 1 heterocycles. The van der Waals surface area contributed by atoms with Gasteiger partial charge in [-0.05, 0) is 18.6 Å². The van der Waals surface area contributed by atoms with Crippen molar-refractivity contribution in [3.63, 3.8) is 0 Å². The van der Waals surface area contributed by atoms with E-state index in [0.29, 0.717) is 30.8 Å². The van der Waals surface area contributed by atoms with Crippen LogP contribution in [-0.2, 0) is 4.74 Å². The predicted molar refractivity (Wildman–Crippen MR) is 56.9 cm³/mol. The fourth-order valence-corrected chi connectivity index (χ4v) is 1.99. The van der Waals surface area contributed by atoms with Gasteiger partial charge in [-0.15, -0.1) is 0 Å². The number of ether oxygens (including phenoxy) is 2. The van der Waals surface area contributed by atoms with Gasteiger partial charge in [0.25, 0.3) is 0 Å². The standard InChI is InChI=1S/C12H15FO3/c1-15-10-4-2-3-9(13)12(10)11-7-8(14)5-6-16-11/h2-4,8,11,14H,5-7H2,1H3. The molecule has 2 rings (SSSR count). The van der Waals surface area contributed by atoms with Crippen molar-refractivity contribution in [1.82, 2.24) is 0 Å². The molecule has 1 N–H and O–H groups in total. The van der Waals surface area contributed by atoms with Gasteiger partial charge in [0.05, 0.1) is 24.9 Å². The number of rotatable bonds is 2. The van der Waals surface area contributed by atoms with Crippen LogP contribution in [0.25, 0.3) is 0 Å². The second-order valence-corrected chi connectivity index (χ2v) is 3.89. The molecule has 2 atom stereocenters. The molecule has 88 valence electrons. The minimum Gasteiger partial charge on any atom is -0.496 e. The molecule has 3 nitrogen and oxygen atoms in total. The van der Waals surface area contributed by atoms with Crippen molar-refractivity contribution < 1.29 is 19.0 Å². The summed E-state index contributed by atoms with van der Waals surface area (Å²) < 4.78 is 24.3. The maximum atomic E-state index is 13.7. The van der Waals surface area contributed by atoms with E-state index in [1.807, 2.05) is 0 Å². The van der Waals surface area contributed by atoms with E-state index in [-0.39, 0.29) is 5.82 Å². The monoisotopic (exact) mass is 226 g/mol. The Balaban J connectivity index is 2.30. The van der Waals surface area contributed by atoms with E-state index >= 15 is 0 Å². The largest absolute Gasteiger partial charge is 0.496 e. The fraction of sp³-hybridized carbons (Fsp3) is 0.500. The summed E-state index contributed by atoms with van der Waals surface area (Å²) in [4.78, 5) is 0. The highest BCUT2D eigenvalue weighted by molar-refractivity contribution is 5.36.